The summed E-state index contributed by atoms with van der Waals surface area (Å²) < 4.78 is 65.5. The molecule has 0 radical (unpaired) electrons. The molecule has 0 heterocycles. The molecule has 6 aromatic rings. The quantitative estimate of drug-likeness (QED) is 0.0864. The van der Waals surface area contributed by atoms with Gasteiger partial charge in [-0.05, 0) is 89.6 Å². The summed E-state index contributed by atoms with van der Waals surface area (Å²) >= 11 is 5.93. The summed E-state index contributed by atoms with van der Waals surface area (Å²) in [5.41, 5.74) is 1.02. The maximum Gasteiger partial charge on any atom is 0.323 e. The number of fused-ring (bicyclic) bond motifs is 2. The lowest BCUT2D eigenvalue weighted by atomic mass is 10.1. The zero-order chi connectivity index (χ0) is 36.5. The maximum absolute atomic E-state index is 13.7. The van der Waals surface area contributed by atoms with Gasteiger partial charge >= 0.3 is 6.03 Å². The number of rotatable bonds is 8. The molecule has 51 heavy (non-hydrogen) atoms. The molecule has 0 aliphatic heterocycles. The Hall–Kier alpha value is -5.84. The van der Waals surface area contributed by atoms with Crippen molar-refractivity contribution in [1.29, 1.82) is 0 Å². The normalized spacial score (nSPS) is 11.6. The molecule has 0 aromatic heterocycles. The molecule has 0 aliphatic rings. The lowest BCUT2D eigenvalue weighted by Gasteiger charge is -2.14. The van der Waals surface area contributed by atoms with Crippen molar-refractivity contribution in [3.8, 4) is 0 Å². The summed E-state index contributed by atoms with van der Waals surface area (Å²) in [5.74, 6) is -1.36. The van der Waals surface area contributed by atoms with Gasteiger partial charge in [-0.3, -0.25) is 18.7 Å². The maximum atomic E-state index is 13.7. The van der Waals surface area contributed by atoms with Gasteiger partial charge < -0.3 is 21.3 Å². The van der Waals surface area contributed by atoms with Gasteiger partial charge in [-0.1, -0.05) is 48.0 Å². The Labute approximate surface area is 295 Å². The molecule has 0 saturated carbocycles. The van der Waals surface area contributed by atoms with E-state index < -0.39 is 38.1 Å². The van der Waals surface area contributed by atoms with Crippen LogP contribution in [0.1, 0.15) is 20.7 Å². The zero-order valence-electron chi connectivity index (χ0n) is 25.9. The van der Waals surface area contributed by atoms with E-state index in [2.05, 4.69) is 21.3 Å². The van der Waals surface area contributed by atoms with Crippen LogP contribution >= 0.6 is 11.6 Å². The Bertz CT molecular complexity index is 2470. The van der Waals surface area contributed by atoms with E-state index in [0.717, 1.165) is 0 Å². The van der Waals surface area contributed by atoms with E-state index >= 15 is 0 Å². The van der Waals surface area contributed by atoms with Crippen molar-refractivity contribution in [1.82, 2.24) is 0 Å². The number of anilines is 4. The Morgan fingerprint density at radius 2 is 0.961 bits per heavy atom. The third-order valence-electron chi connectivity index (χ3n) is 7.61. The highest BCUT2D eigenvalue weighted by Crippen LogP contribution is 2.29. The summed E-state index contributed by atoms with van der Waals surface area (Å²) in [6.45, 7) is 0. The number of nitrogens with one attached hydrogen (secondary N) is 4. The van der Waals surface area contributed by atoms with Gasteiger partial charge in [0.25, 0.3) is 32.1 Å². The molecule has 0 saturated heterocycles. The molecular formula is C35H25ClN4O9S2. The molecule has 0 atom stereocenters. The third-order valence-corrected chi connectivity index (χ3v) is 9.56. The standard InChI is InChI=1S/C35H25ClN4O9S2/c36-24-7-9-25(10-8-24)37-35(43)38-26-16-22(33(41)39-31-5-1-3-20-18-27(50(44,45)46)11-13-29(20)31)15-23(17-26)34(42)40-32-6-2-4-21-19-28(51(47,48)49)12-14-30(21)32/h1-19H,(H,39,41)(H,40,42)(H2,37,38,43)(H,44,45,46)(H,47,48,49). The molecule has 13 nitrogen and oxygen atoms in total. The number of amides is 4. The summed E-state index contributed by atoms with van der Waals surface area (Å²) in [4.78, 5) is 39.6. The first-order valence-electron chi connectivity index (χ1n) is 14.8. The minimum Gasteiger partial charge on any atom is -0.321 e. The van der Waals surface area contributed by atoms with Gasteiger partial charge in [-0.25, -0.2) is 4.79 Å². The fourth-order valence-corrected chi connectivity index (χ4v) is 6.40. The van der Waals surface area contributed by atoms with Crippen molar-refractivity contribution in [2.75, 3.05) is 21.3 Å². The number of hydrogen-bond acceptors (Lipinski definition) is 7. The predicted octanol–water partition coefficient (Wildman–Crippen LogP) is 7.29. The highest BCUT2D eigenvalue weighted by atomic mass is 35.5. The van der Waals surface area contributed by atoms with Crippen molar-refractivity contribution < 1.29 is 40.3 Å². The third kappa shape index (κ3) is 8.15. The van der Waals surface area contributed by atoms with E-state index in [0.29, 0.717) is 43.6 Å². The Kier molecular flexibility index (Phi) is 9.48. The van der Waals surface area contributed by atoms with Crippen LogP contribution in [0.5, 0.6) is 0 Å². The van der Waals surface area contributed by atoms with Gasteiger partial charge in [-0.15, -0.1) is 0 Å². The van der Waals surface area contributed by atoms with Crippen molar-refractivity contribution in [2.45, 2.75) is 9.79 Å². The number of benzene rings is 6. The number of carbonyl (C=O) groups is 3. The summed E-state index contributed by atoms with van der Waals surface area (Å²) in [6.07, 6.45) is 0. The smallest absolute Gasteiger partial charge is 0.321 e. The first-order valence-corrected chi connectivity index (χ1v) is 18.0. The molecular weight excluding hydrogens is 720 g/mol. The van der Waals surface area contributed by atoms with Gasteiger partial charge in [0.2, 0.25) is 0 Å². The number of urea groups is 1. The van der Waals surface area contributed by atoms with Crippen molar-refractivity contribution >= 4 is 94.0 Å². The molecule has 16 heteroatoms. The van der Waals surface area contributed by atoms with Crippen LogP contribution < -0.4 is 21.3 Å². The fraction of sp³-hybridized carbons (Fsp3) is 0. The van der Waals surface area contributed by atoms with E-state index in [-0.39, 0.29) is 26.6 Å². The average Bonchev–Trinajstić information content (AvgIpc) is 3.08. The van der Waals surface area contributed by atoms with E-state index in [1.807, 2.05) is 0 Å². The van der Waals surface area contributed by atoms with Crippen LogP contribution in [0.15, 0.2) is 125 Å². The van der Waals surface area contributed by atoms with Crippen LogP contribution in [0.4, 0.5) is 27.5 Å². The molecule has 0 unspecified atom stereocenters. The first-order chi connectivity index (χ1) is 24.1. The lowest BCUT2D eigenvalue weighted by molar-refractivity contribution is 0.102. The van der Waals surface area contributed by atoms with Crippen LogP contribution in [0.2, 0.25) is 5.02 Å². The number of hydrogen-bond donors (Lipinski definition) is 6. The monoisotopic (exact) mass is 744 g/mol. The van der Waals surface area contributed by atoms with Crippen LogP contribution in [0, 0.1) is 0 Å². The summed E-state index contributed by atoms with van der Waals surface area (Å²) in [6, 6.07) is 26.9. The van der Waals surface area contributed by atoms with E-state index in [1.54, 1.807) is 60.7 Å². The molecule has 258 valence electrons. The van der Waals surface area contributed by atoms with Gasteiger partial charge in [0.1, 0.15) is 0 Å². The highest BCUT2D eigenvalue weighted by molar-refractivity contribution is 7.86. The van der Waals surface area contributed by atoms with Gasteiger partial charge in [0, 0.05) is 49.7 Å². The molecule has 6 rings (SSSR count). The fourth-order valence-electron chi connectivity index (χ4n) is 5.24. The van der Waals surface area contributed by atoms with Crippen LogP contribution in [-0.2, 0) is 20.2 Å². The average molecular weight is 745 g/mol. The lowest BCUT2D eigenvalue weighted by Crippen LogP contribution is -2.21. The number of halogens is 1. The first kappa shape index (κ1) is 35.0. The molecule has 6 N–H and O–H groups in total. The van der Waals surface area contributed by atoms with Gasteiger partial charge in [0.05, 0.1) is 9.79 Å². The van der Waals surface area contributed by atoms with Crippen molar-refractivity contribution in [2.24, 2.45) is 0 Å². The summed E-state index contributed by atoms with van der Waals surface area (Å²) in [7, 11) is -8.94. The van der Waals surface area contributed by atoms with Crippen molar-refractivity contribution in [3.63, 3.8) is 0 Å². The molecule has 6 aromatic carbocycles. The molecule has 0 fully saturated rings. The van der Waals surface area contributed by atoms with Gasteiger partial charge in [0.15, 0.2) is 0 Å². The SMILES string of the molecule is O=C(Nc1ccc(Cl)cc1)Nc1cc(C(=O)Nc2cccc3cc(S(=O)(=O)O)ccc23)cc(C(=O)Nc2cccc3cc(S(=O)(=O)O)ccc23)c1. The number of carbonyl (C=O) groups excluding carboxylic acids is 3. The Morgan fingerprint density at radius 3 is 1.41 bits per heavy atom. The van der Waals surface area contributed by atoms with E-state index in [9.17, 15) is 40.3 Å². The van der Waals surface area contributed by atoms with Crippen LogP contribution in [-0.4, -0.2) is 43.8 Å². The molecule has 0 bridgehead atoms. The minimum absolute atomic E-state index is 0.0354. The molecule has 4 amide bonds. The van der Waals surface area contributed by atoms with E-state index in [1.165, 1.54) is 54.6 Å². The summed E-state index contributed by atoms with van der Waals surface area (Å²) in [5, 5.41) is 13.0. The Balaban J connectivity index is 1.33. The predicted molar refractivity (Wildman–Crippen MR) is 194 cm³/mol. The van der Waals surface area contributed by atoms with E-state index in [4.69, 9.17) is 11.6 Å². The topological polar surface area (TPSA) is 208 Å². The largest absolute Gasteiger partial charge is 0.323 e. The Morgan fingerprint density at radius 1 is 0.510 bits per heavy atom. The zero-order valence-corrected chi connectivity index (χ0v) is 28.3. The van der Waals surface area contributed by atoms with Crippen LogP contribution in [0.3, 0.4) is 0 Å². The second-order valence-electron chi connectivity index (χ2n) is 11.1. The minimum atomic E-state index is -4.47. The van der Waals surface area contributed by atoms with Crippen LogP contribution in [0.25, 0.3) is 21.5 Å². The van der Waals surface area contributed by atoms with Gasteiger partial charge in [-0.2, -0.15) is 16.8 Å². The second-order valence-corrected chi connectivity index (χ2v) is 14.4. The second kappa shape index (κ2) is 13.8. The molecule has 0 aliphatic carbocycles. The van der Waals surface area contributed by atoms with Crippen molar-refractivity contribution in [3.05, 3.63) is 131 Å². The highest BCUT2D eigenvalue weighted by Gasteiger charge is 2.18. The molecule has 0 spiro atoms.